The number of carbonyl (C=O) groups is 1. The van der Waals surface area contributed by atoms with Gasteiger partial charge >= 0.3 is 0 Å². The lowest BCUT2D eigenvalue weighted by Crippen LogP contribution is -2.32. The number of nitrogens with one attached hydrogen (secondary N) is 1. The number of rotatable bonds is 5. The average Bonchev–Trinajstić information content (AvgIpc) is 1.97. The highest BCUT2D eigenvalue weighted by molar-refractivity contribution is 5.73. The molecule has 1 amide bonds. The predicted octanol–water partition coefficient (Wildman–Crippen LogP) is 2.34. The first-order chi connectivity index (χ1) is 5.56. The summed E-state index contributed by atoms with van der Waals surface area (Å²) in [6.07, 6.45) is 3.33. The number of hydrogen-bond acceptors (Lipinski definition) is 1. The van der Waals surface area contributed by atoms with Gasteiger partial charge in [-0.05, 0) is 25.2 Å². The van der Waals surface area contributed by atoms with E-state index in [1.165, 1.54) is 6.42 Å². The van der Waals surface area contributed by atoms with Gasteiger partial charge in [0.15, 0.2) is 0 Å². The third-order valence-corrected chi connectivity index (χ3v) is 1.99. The number of carbonyl (C=O) groups excluding carboxylic acids is 1. The predicted molar refractivity (Wildman–Crippen MR) is 52.0 cm³/mol. The Morgan fingerprint density at radius 1 is 1.33 bits per heavy atom. The van der Waals surface area contributed by atoms with Crippen LogP contribution in [0.1, 0.15) is 47.0 Å². The molecule has 0 rings (SSSR count). The molecule has 0 aromatic heterocycles. The number of hydrogen-bond donors (Lipinski definition) is 1. The monoisotopic (exact) mass is 171 g/mol. The summed E-state index contributed by atoms with van der Waals surface area (Å²) in [6, 6.07) is 0.380. The molecule has 0 fully saturated rings. The lowest BCUT2D eigenvalue weighted by molar-refractivity contribution is -0.119. The molecule has 1 atom stereocenters. The van der Waals surface area contributed by atoms with Crippen LogP contribution in [0.4, 0.5) is 0 Å². The Hall–Kier alpha value is -0.530. The summed E-state index contributed by atoms with van der Waals surface area (Å²) in [5, 5.41) is 2.95. The Morgan fingerprint density at radius 3 is 2.25 bits per heavy atom. The summed E-state index contributed by atoms with van der Waals surface area (Å²) in [7, 11) is 0. The van der Waals surface area contributed by atoms with Gasteiger partial charge in [0.2, 0.25) is 5.91 Å². The molecule has 0 heterocycles. The summed E-state index contributed by atoms with van der Waals surface area (Å²) in [6.45, 7) is 8.11. The second-order valence-corrected chi connectivity index (χ2v) is 3.78. The van der Waals surface area contributed by atoms with Gasteiger partial charge in [-0.25, -0.2) is 0 Å². The first kappa shape index (κ1) is 11.5. The van der Waals surface area contributed by atoms with Crippen LogP contribution in [0.25, 0.3) is 0 Å². The highest BCUT2D eigenvalue weighted by Gasteiger charge is 2.07. The average molecular weight is 171 g/mol. The molecule has 0 aliphatic carbocycles. The Kier molecular flexibility index (Phi) is 5.77. The van der Waals surface area contributed by atoms with Crippen LogP contribution in [-0.4, -0.2) is 11.9 Å². The molecule has 0 saturated carbocycles. The molecule has 0 spiro atoms. The van der Waals surface area contributed by atoms with E-state index in [1.54, 1.807) is 6.92 Å². The zero-order chi connectivity index (χ0) is 9.56. The molecule has 1 N–H and O–H groups in total. The molecule has 0 radical (unpaired) electrons. The molecule has 72 valence electrons. The van der Waals surface area contributed by atoms with Gasteiger partial charge in [-0.1, -0.05) is 20.8 Å². The molecular weight excluding hydrogens is 150 g/mol. The highest BCUT2D eigenvalue weighted by Crippen LogP contribution is 2.08. The minimum atomic E-state index is 0.0885. The molecule has 0 aliphatic rings. The highest BCUT2D eigenvalue weighted by atomic mass is 16.1. The lowest BCUT2D eigenvalue weighted by Gasteiger charge is -2.16. The van der Waals surface area contributed by atoms with Gasteiger partial charge in [0.1, 0.15) is 0 Å². The first-order valence-electron chi connectivity index (χ1n) is 4.83. The second kappa shape index (κ2) is 6.04. The Labute approximate surface area is 75.7 Å². The van der Waals surface area contributed by atoms with E-state index in [0.717, 1.165) is 18.8 Å². The van der Waals surface area contributed by atoms with Gasteiger partial charge in [-0.15, -0.1) is 0 Å². The maximum absolute atomic E-state index is 10.7. The molecule has 1 unspecified atom stereocenters. The summed E-state index contributed by atoms with van der Waals surface area (Å²) in [4.78, 5) is 10.7. The summed E-state index contributed by atoms with van der Waals surface area (Å²) < 4.78 is 0. The van der Waals surface area contributed by atoms with Crippen molar-refractivity contribution >= 4 is 5.91 Å². The van der Waals surface area contributed by atoms with Crippen molar-refractivity contribution in [2.45, 2.75) is 53.0 Å². The minimum Gasteiger partial charge on any atom is -0.354 e. The SMILES string of the molecule is CCC(CCC(C)C)NC(C)=O. The topological polar surface area (TPSA) is 29.1 Å². The molecule has 12 heavy (non-hydrogen) atoms. The van der Waals surface area contributed by atoms with Crippen LogP contribution in [0.15, 0.2) is 0 Å². The normalized spacial score (nSPS) is 13.1. The quantitative estimate of drug-likeness (QED) is 0.676. The summed E-state index contributed by atoms with van der Waals surface area (Å²) >= 11 is 0. The maximum atomic E-state index is 10.7. The van der Waals surface area contributed by atoms with Crippen LogP contribution in [0.3, 0.4) is 0 Å². The van der Waals surface area contributed by atoms with Crippen LogP contribution in [0, 0.1) is 5.92 Å². The fraction of sp³-hybridized carbons (Fsp3) is 0.900. The van der Waals surface area contributed by atoms with Crippen LogP contribution in [-0.2, 0) is 4.79 Å². The minimum absolute atomic E-state index is 0.0885. The van der Waals surface area contributed by atoms with Gasteiger partial charge in [0.25, 0.3) is 0 Å². The van der Waals surface area contributed by atoms with Gasteiger partial charge in [0, 0.05) is 13.0 Å². The van der Waals surface area contributed by atoms with Crippen molar-refractivity contribution in [1.29, 1.82) is 0 Å². The van der Waals surface area contributed by atoms with Crippen molar-refractivity contribution in [3.63, 3.8) is 0 Å². The van der Waals surface area contributed by atoms with Crippen molar-refractivity contribution in [2.75, 3.05) is 0 Å². The van der Waals surface area contributed by atoms with Crippen molar-refractivity contribution in [2.24, 2.45) is 5.92 Å². The van der Waals surface area contributed by atoms with Crippen LogP contribution in [0.5, 0.6) is 0 Å². The maximum Gasteiger partial charge on any atom is 0.217 e. The zero-order valence-corrected chi connectivity index (χ0v) is 8.68. The zero-order valence-electron chi connectivity index (χ0n) is 8.68. The van der Waals surface area contributed by atoms with E-state index in [9.17, 15) is 4.79 Å². The van der Waals surface area contributed by atoms with E-state index >= 15 is 0 Å². The molecule has 0 bridgehead atoms. The van der Waals surface area contributed by atoms with E-state index in [1.807, 2.05) is 0 Å². The van der Waals surface area contributed by atoms with Crippen molar-refractivity contribution in [1.82, 2.24) is 5.32 Å². The standard InChI is InChI=1S/C10H21NO/c1-5-10(11-9(4)12)7-6-8(2)3/h8,10H,5-7H2,1-4H3,(H,11,12). The molecule has 0 aliphatic heterocycles. The van der Waals surface area contributed by atoms with E-state index < -0.39 is 0 Å². The van der Waals surface area contributed by atoms with Crippen LogP contribution < -0.4 is 5.32 Å². The molecular formula is C10H21NO. The number of amides is 1. The fourth-order valence-corrected chi connectivity index (χ4v) is 1.20. The Bertz CT molecular complexity index is 132. The molecule has 0 aromatic rings. The van der Waals surface area contributed by atoms with Crippen molar-refractivity contribution < 1.29 is 4.79 Å². The molecule has 0 saturated heterocycles. The fourth-order valence-electron chi connectivity index (χ4n) is 1.20. The largest absolute Gasteiger partial charge is 0.354 e. The van der Waals surface area contributed by atoms with E-state index in [4.69, 9.17) is 0 Å². The molecule has 2 heteroatoms. The van der Waals surface area contributed by atoms with Crippen molar-refractivity contribution in [3.8, 4) is 0 Å². The van der Waals surface area contributed by atoms with E-state index in [-0.39, 0.29) is 5.91 Å². The summed E-state index contributed by atoms with van der Waals surface area (Å²) in [5.41, 5.74) is 0. The van der Waals surface area contributed by atoms with E-state index in [0.29, 0.717) is 6.04 Å². The van der Waals surface area contributed by atoms with Gasteiger partial charge in [0.05, 0.1) is 0 Å². The van der Waals surface area contributed by atoms with Gasteiger partial charge < -0.3 is 5.32 Å². The molecule has 2 nitrogen and oxygen atoms in total. The van der Waals surface area contributed by atoms with Crippen LogP contribution in [0.2, 0.25) is 0 Å². The first-order valence-corrected chi connectivity index (χ1v) is 4.83. The van der Waals surface area contributed by atoms with Gasteiger partial charge in [-0.2, -0.15) is 0 Å². The van der Waals surface area contributed by atoms with Crippen LogP contribution >= 0.6 is 0 Å². The third-order valence-electron chi connectivity index (χ3n) is 1.99. The summed E-state index contributed by atoms with van der Waals surface area (Å²) in [5.74, 6) is 0.818. The van der Waals surface area contributed by atoms with Crippen molar-refractivity contribution in [3.05, 3.63) is 0 Å². The Balaban J connectivity index is 3.60. The third kappa shape index (κ3) is 6.20. The molecule has 0 aromatic carbocycles. The Morgan fingerprint density at radius 2 is 1.92 bits per heavy atom. The van der Waals surface area contributed by atoms with Gasteiger partial charge in [-0.3, -0.25) is 4.79 Å². The van der Waals surface area contributed by atoms with E-state index in [2.05, 4.69) is 26.1 Å². The second-order valence-electron chi connectivity index (χ2n) is 3.78. The smallest absolute Gasteiger partial charge is 0.217 e. The lowest BCUT2D eigenvalue weighted by atomic mass is 10.0.